The molecule has 1 rings (SSSR count). The van der Waals surface area contributed by atoms with Crippen LogP contribution in [0.15, 0.2) is 6.33 Å². The minimum atomic E-state index is 0.531. The lowest BCUT2D eigenvalue weighted by atomic mass is 10.4. The molecule has 0 aliphatic rings. The van der Waals surface area contributed by atoms with Crippen LogP contribution in [0, 0.1) is 6.92 Å². The van der Waals surface area contributed by atoms with E-state index in [-0.39, 0.29) is 0 Å². The predicted octanol–water partition coefficient (Wildman–Crippen LogP) is 1.47. The SMILES string of the molecule is Cc1[nH]cnc1COCCCl. The minimum Gasteiger partial charge on any atom is -0.374 e. The second-order valence-corrected chi connectivity index (χ2v) is 2.59. The zero-order valence-electron chi connectivity index (χ0n) is 6.43. The van der Waals surface area contributed by atoms with Crippen LogP contribution in [0.25, 0.3) is 0 Å². The van der Waals surface area contributed by atoms with Crippen LogP contribution in [0.5, 0.6) is 0 Å². The molecule has 62 valence electrons. The lowest BCUT2D eigenvalue weighted by molar-refractivity contribution is 0.133. The molecule has 0 aromatic carbocycles. The third kappa shape index (κ3) is 2.52. The van der Waals surface area contributed by atoms with E-state index >= 15 is 0 Å². The summed E-state index contributed by atoms with van der Waals surface area (Å²) in [5.41, 5.74) is 2.01. The molecule has 0 unspecified atom stereocenters. The monoisotopic (exact) mass is 174 g/mol. The lowest BCUT2D eigenvalue weighted by Crippen LogP contribution is -1.97. The summed E-state index contributed by atoms with van der Waals surface area (Å²) >= 11 is 5.43. The summed E-state index contributed by atoms with van der Waals surface area (Å²) in [6.07, 6.45) is 1.66. The number of aryl methyl sites for hydroxylation is 1. The highest BCUT2D eigenvalue weighted by atomic mass is 35.5. The van der Waals surface area contributed by atoms with Crippen LogP contribution < -0.4 is 0 Å². The maximum Gasteiger partial charge on any atom is 0.0926 e. The van der Waals surface area contributed by atoms with Crippen molar-refractivity contribution in [2.24, 2.45) is 0 Å². The summed E-state index contributed by atoms with van der Waals surface area (Å²) in [6.45, 7) is 3.09. The Labute approximate surface area is 70.7 Å². The number of hydrogen-bond acceptors (Lipinski definition) is 2. The summed E-state index contributed by atoms with van der Waals surface area (Å²) in [7, 11) is 0. The number of halogens is 1. The third-order valence-corrected chi connectivity index (χ3v) is 1.55. The van der Waals surface area contributed by atoms with Gasteiger partial charge in [0, 0.05) is 11.6 Å². The van der Waals surface area contributed by atoms with Crippen LogP contribution in [-0.4, -0.2) is 22.5 Å². The van der Waals surface area contributed by atoms with Crippen LogP contribution in [-0.2, 0) is 11.3 Å². The van der Waals surface area contributed by atoms with Crippen LogP contribution in [0.1, 0.15) is 11.4 Å². The second kappa shape index (κ2) is 4.36. The predicted molar refractivity (Wildman–Crippen MR) is 43.7 cm³/mol. The molecule has 0 fully saturated rings. The first-order valence-electron chi connectivity index (χ1n) is 3.47. The van der Waals surface area contributed by atoms with Crippen molar-refractivity contribution in [3.05, 3.63) is 17.7 Å². The van der Waals surface area contributed by atoms with Crippen molar-refractivity contribution in [1.82, 2.24) is 9.97 Å². The smallest absolute Gasteiger partial charge is 0.0926 e. The maximum absolute atomic E-state index is 5.43. The van der Waals surface area contributed by atoms with E-state index in [2.05, 4.69) is 9.97 Å². The van der Waals surface area contributed by atoms with E-state index in [9.17, 15) is 0 Å². The molecule has 0 saturated heterocycles. The molecule has 0 saturated carbocycles. The van der Waals surface area contributed by atoms with Crippen molar-refractivity contribution in [2.45, 2.75) is 13.5 Å². The zero-order valence-corrected chi connectivity index (χ0v) is 7.19. The number of aromatic nitrogens is 2. The Kier molecular flexibility index (Phi) is 3.39. The number of imidazole rings is 1. The zero-order chi connectivity index (χ0) is 8.10. The molecule has 1 N–H and O–H groups in total. The number of hydrogen-bond donors (Lipinski definition) is 1. The molecule has 1 aromatic heterocycles. The van der Waals surface area contributed by atoms with E-state index in [4.69, 9.17) is 16.3 Å². The van der Waals surface area contributed by atoms with Gasteiger partial charge in [0.15, 0.2) is 0 Å². The number of rotatable bonds is 4. The van der Waals surface area contributed by atoms with Crippen molar-refractivity contribution in [1.29, 1.82) is 0 Å². The first-order valence-corrected chi connectivity index (χ1v) is 4.00. The minimum absolute atomic E-state index is 0.531. The van der Waals surface area contributed by atoms with E-state index in [0.717, 1.165) is 11.4 Å². The van der Waals surface area contributed by atoms with Gasteiger partial charge in [-0.2, -0.15) is 0 Å². The van der Waals surface area contributed by atoms with Gasteiger partial charge in [-0.05, 0) is 6.92 Å². The van der Waals surface area contributed by atoms with Crippen LogP contribution in [0.2, 0.25) is 0 Å². The first-order chi connectivity index (χ1) is 5.34. The van der Waals surface area contributed by atoms with Gasteiger partial charge in [0.2, 0.25) is 0 Å². The van der Waals surface area contributed by atoms with Crippen molar-refractivity contribution < 1.29 is 4.74 Å². The molecule has 1 heterocycles. The summed E-state index contributed by atoms with van der Waals surface area (Å²) in [6, 6.07) is 0. The van der Waals surface area contributed by atoms with Gasteiger partial charge in [-0.1, -0.05) is 0 Å². The molecule has 11 heavy (non-hydrogen) atoms. The van der Waals surface area contributed by atoms with Gasteiger partial charge >= 0.3 is 0 Å². The van der Waals surface area contributed by atoms with Crippen molar-refractivity contribution in [3.63, 3.8) is 0 Å². The average Bonchev–Trinajstić information content (AvgIpc) is 2.37. The van der Waals surface area contributed by atoms with Gasteiger partial charge in [-0.15, -0.1) is 11.6 Å². The second-order valence-electron chi connectivity index (χ2n) is 2.22. The Balaban J connectivity index is 2.32. The molecule has 0 aliphatic carbocycles. The maximum atomic E-state index is 5.43. The van der Waals surface area contributed by atoms with Gasteiger partial charge in [-0.3, -0.25) is 0 Å². The summed E-state index contributed by atoms with van der Waals surface area (Å²) < 4.78 is 5.19. The van der Waals surface area contributed by atoms with Gasteiger partial charge in [0.25, 0.3) is 0 Å². The van der Waals surface area contributed by atoms with Crippen molar-refractivity contribution in [2.75, 3.05) is 12.5 Å². The summed E-state index contributed by atoms with van der Waals surface area (Å²) in [5.74, 6) is 0.531. The van der Waals surface area contributed by atoms with Crippen LogP contribution in [0.4, 0.5) is 0 Å². The molecule has 0 bridgehead atoms. The number of H-pyrrole nitrogens is 1. The Morgan fingerprint density at radius 3 is 3.09 bits per heavy atom. The fraction of sp³-hybridized carbons (Fsp3) is 0.571. The fourth-order valence-electron chi connectivity index (χ4n) is 0.756. The van der Waals surface area contributed by atoms with Gasteiger partial charge in [0.1, 0.15) is 0 Å². The lowest BCUT2D eigenvalue weighted by Gasteiger charge is -1.98. The molecule has 3 nitrogen and oxygen atoms in total. The molecular formula is C7H11ClN2O. The molecule has 0 atom stereocenters. The Bertz CT molecular complexity index is 212. The van der Waals surface area contributed by atoms with Crippen molar-refractivity contribution >= 4 is 11.6 Å². The molecule has 0 aliphatic heterocycles. The number of aromatic amines is 1. The first kappa shape index (κ1) is 8.56. The average molecular weight is 175 g/mol. The third-order valence-electron chi connectivity index (χ3n) is 1.39. The van der Waals surface area contributed by atoms with E-state index in [1.807, 2.05) is 6.92 Å². The summed E-state index contributed by atoms with van der Waals surface area (Å²) in [5, 5.41) is 0. The highest BCUT2D eigenvalue weighted by Gasteiger charge is 1.98. The Hall–Kier alpha value is -0.540. The van der Waals surface area contributed by atoms with E-state index in [0.29, 0.717) is 19.1 Å². The van der Waals surface area contributed by atoms with Crippen LogP contribution >= 0.6 is 11.6 Å². The molecule has 0 spiro atoms. The number of nitrogens with zero attached hydrogens (tertiary/aromatic N) is 1. The van der Waals surface area contributed by atoms with Crippen LogP contribution in [0.3, 0.4) is 0 Å². The quantitative estimate of drug-likeness (QED) is 0.555. The molecule has 1 aromatic rings. The molecule has 4 heteroatoms. The van der Waals surface area contributed by atoms with Gasteiger partial charge in [0.05, 0.1) is 25.2 Å². The Morgan fingerprint density at radius 2 is 2.55 bits per heavy atom. The number of ether oxygens (including phenoxy) is 1. The molecule has 0 radical (unpaired) electrons. The highest BCUT2D eigenvalue weighted by molar-refractivity contribution is 6.17. The Morgan fingerprint density at radius 1 is 1.73 bits per heavy atom. The standard InChI is InChI=1S/C7H11ClN2O/c1-6-7(10-5-9-6)4-11-3-2-8/h5H,2-4H2,1H3,(H,9,10). The summed E-state index contributed by atoms with van der Waals surface area (Å²) in [4.78, 5) is 7.04. The van der Waals surface area contributed by atoms with E-state index in [1.54, 1.807) is 6.33 Å². The molecular weight excluding hydrogens is 164 g/mol. The van der Waals surface area contributed by atoms with E-state index in [1.165, 1.54) is 0 Å². The normalized spacial score (nSPS) is 10.4. The largest absolute Gasteiger partial charge is 0.374 e. The fourth-order valence-corrected chi connectivity index (χ4v) is 0.865. The number of alkyl halides is 1. The topological polar surface area (TPSA) is 37.9 Å². The van der Waals surface area contributed by atoms with Gasteiger partial charge < -0.3 is 9.72 Å². The molecule has 0 amide bonds. The highest BCUT2D eigenvalue weighted by Crippen LogP contribution is 2.01. The van der Waals surface area contributed by atoms with Gasteiger partial charge in [-0.25, -0.2) is 4.98 Å². The number of nitrogens with one attached hydrogen (secondary N) is 1. The van der Waals surface area contributed by atoms with E-state index < -0.39 is 0 Å². The van der Waals surface area contributed by atoms with Crippen molar-refractivity contribution in [3.8, 4) is 0 Å².